The Hall–Kier alpha value is -5.23. The van der Waals surface area contributed by atoms with Crippen LogP contribution in [0.5, 0.6) is 5.75 Å². The van der Waals surface area contributed by atoms with Gasteiger partial charge in [-0.15, -0.1) is 0 Å². The molecule has 7 N–H and O–H groups in total. The van der Waals surface area contributed by atoms with Gasteiger partial charge in [-0.25, -0.2) is 9.59 Å². The minimum Gasteiger partial charge on any atom is -0.508 e. The minimum atomic E-state index is -1.32. The molecule has 0 aliphatic carbocycles. The third kappa shape index (κ3) is 10.2. The number of aryl methyl sites for hydroxylation is 1. The van der Waals surface area contributed by atoms with Gasteiger partial charge < -0.3 is 31.3 Å². The van der Waals surface area contributed by atoms with Crippen molar-refractivity contribution in [2.24, 2.45) is 0 Å². The maximum Gasteiger partial charge on any atom is 0.345 e. The van der Waals surface area contributed by atoms with Crippen molar-refractivity contribution in [2.45, 2.75) is 57.3 Å². The van der Waals surface area contributed by atoms with Crippen LogP contribution in [0.1, 0.15) is 41.8 Å². The van der Waals surface area contributed by atoms with Gasteiger partial charge in [0.2, 0.25) is 11.8 Å². The van der Waals surface area contributed by atoms with Crippen molar-refractivity contribution in [1.82, 2.24) is 16.0 Å². The Bertz CT molecular complexity index is 1450. The van der Waals surface area contributed by atoms with Crippen LogP contribution in [-0.4, -0.2) is 64.1 Å². The molecule has 0 saturated carbocycles. The van der Waals surface area contributed by atoms with E-state index in [1.54, 1.807) is 12.1 Å². The fourth-order valence-electron chi connectivity index (χ4n) is 4.21. The number of phenolic OH excluding ortho intramolecular Hbond substituents is 1. The summed E-state index contributed by atoms with van der Waals surface area (Å²) in [4.78, 5) is 63.3. The fraction of sp³-hybridized carbons (Fsp3) is 0.281. The zero-order valence-corrected chi connectivity index (χ0v) is 24.4. The van der Waals surface area contributed by atoms with Crippen LogP contribution in [0.25, 0.3) is 0 Å². The molecule has 2 amide bonds. The Morgan fingerprint density at radius 2 is 1.39 bits per heavy atom. The van der Waals surface area contributed by atoms with E-state index in [4.69, 9.17) is 10.5 Å². The Labute approximate surface area is 254 Å². The molecule has 3 aromatic carbocycles. The maximum atomic E-state index is 13.1. The van der Waals surface area contributed by atoms with Gasteiger partial charge in [0.05, 0.1) is 11.6 Å². The average Bonchev–Trinajstić information content (AvgIpc) is 3.00. The molecule has 0 radical (unpaired) electrons. The molecule has 0 aliphatic rings. The highest BCUT2D eigenvalue weighted by Crippen LogP contribution is 2.14. The largest absolute Gasteiger partial charge is 0.508 e. The van der Waals surface area contributed by atoms with Crippen molar-refractivity contribution < 1.29 is 38.9 Å². The summed E-state index contributed by atoms with van der Waals surface area (Å²) < 4.78 is 5.02. The summed E-state index contributed by atoms with van der Waals surface area (Å²) in [6, 6.07) is 16.5. The van der Waals surface area contributed by atoms with Gasteiger partial charge in [0.25, 0.3) is 0 Å². The second kappa shape index (κ2) is 15.8. The SMILES string of the molecule is C[C@H](NC(=O)[C@H](C)N[C@H](CCc1ccccc1)C(=O)O)C(=O)N[C@@H](Cc1ccc(O)cc1)C(=O)OC(=O)c1ccc(N)cc1. The van der Waals surface area contributed by atoms with Crippen molar-refractivity contribution in [3.63, 3.8) is 0 Å². The number of ether oxygens (including phenoxy) is 1. The van der Waals surface area contributed by atoms with E-state index in [1.807, 2.05) is 30.3 Å². The summed E-state index contributed by atoms with van der Waals surface area (Å²) in [6.07, 6.45) is 0.640. The van der Waals surface area contributed by atoms with E-state index < -0.39 is 53.9 Å². The van der Waals surface area contributed by atoms with E-state index in [1.165, 1.54) is 50.2 Å². The van der Waals surface area contributed by atoms with Gasteiger partial charge in [-0.05, 0) is 74.2 Å². The summed E-state index contributed by atoms with van der Waals surface area (Å²) in [5.74, 6) is -4.47. The van der Waals surface area contributed by atoms with Crippen molar-refractivity contribution in [3.8, 4) is 5.75 Å². The first-order valence-electron chi connectivity index (χ1n) is 14.0. The molecule has 4 atom stereocenters. The molecular weight excluding hydrogens is 568 g/mol. The number of aliphatic carboxylic acids is 1. The van der Waals surface area contributed by atoms with Gasteiger partial charge in [0.1, 0.15) is 23.9 Å². The highest BCUT2D eigenvalue weighted by atomic mass is 16.6. The number of carboxylic acids is 1. The molecule has 12 nitrogen and oxygen atoms in total. The maximum absolute atomic E-state index is 13.1. The van der Waals surface area contributed by atoms with Crippen LogP contribution in [0.3, 0.4) is 0 Å². The van der Waals surface area contributed by atoms with Crippen LogP contribution in [0.4, 0.5) is 5.69 Å². The second-order valence-corrected chi connectivity index (χ2v) is 10.3. The molecule has 0 aromatic heterocycles. The highest BCUT2D eigenvalue weighted by molar-refractivity contribution is 5.99. The number of hydrogen-bond donors (Lipinski definition) is 6. The summed E-state index contributed by atoms with van der Waals surface area (Å²) in [5, 5.41) is 27.0. The number of carboxylic acid groups (broad SMARTS) is 1. The Balaban J connectivity index is 1.62. The van der Waals surface area contributed by atoms with Crippen molar-refractivity contribution in [3.05, 3.63) is 95.6 Å². The molecule has 232 valence electrons. The van der Waals surface area contributed by atoms with E-state index in [2.05, 4.69) is 16.0 Å². The number of amides is 2. The number of carbonyl (C=O) groups is 5. The molecule has 0 spiro atoms. The fourth-order valence-corrected chi connectivity index (χ4v) is 4.21. The third-order valence-electron chi connectivity index (χ3n) is 6.78. The molecule has 0 fully saturated rings. The minimum absolute atomic E-state index is 0.000271. The number of hydrogen-bond acceptors (Lipinski definition) is 9. The topological polar surface area (TPSA) is 197 Å². The molecule has 0 aliphatic heterocycles. The number of aromatic hydroxyl groups is 1. The number of benzene rings is 3. The second-order valence-electron chi connectivity index (χ2n) is 10.3. The number of nitrogens with two attached hydrogens (primary N) is 1. The Morgan fingerprint density at radius 3 is 2.00 bits per heavy atom. The van der Waals surface area contributed by atoms with E-state index in [9.17, 15) is 34.2 Å². The normalized spacial score (nSPS) is 13.5. The molecule has 44 heavy (non-hydrogen) atoms. The predicted octanol–water partition coefficient (Wildman–Crippen LogP) is 1.95. The first kappa shape index (κ1) is 33.3. The predicted molar refractivity (Wildman–Crippen MR) is 161 cm³/mol. The monoisotopic (exact) mass is 604 g/mol. The number of anilines is 1. The lowest BCUT2D eigenvalue weighted by Gasteiger charge is -2.23. The first-order valence-corrected chi connectivity index (χ1v) is 14.0. The molecule has 0 unspecified atom stereocenters. The average molecular weight is 605 g/mol. The van der Waals surface area contributed by atoms with E-state index in [-0.39, 0.29) is 24.2 Å². The summed E-state index contributed by atoms with van der Waals surface area (Å²) >= 11 is 0. The number of esters is 2. The number of nitrogen functional groups attached to an aromatic ring is 1. The molecular formula is C32H36N4O8. The standard InChI is InChI=1S/C32H36N4O8/c1-19(34-26(30(40)41)17-10-21-6-4-3-5-7-21)28(38)35-20(2)29(39)36-27(18-22-8-15-25(37)16-9-22)32(43)44-31(42)23-11-13-24(33)14-12-23/h3-9,11-16,19-20,26-27,34,37H,10,17-18,33H2,1-2H3,(H,35,38)(H,36,39)(H,40,41)/t19-,20-,26+,27-/m0/s1. The van der Waals surface area contributed by atoms with Crippen LogP contribution in [0.15, 0.2) is 78.9 Å². The van der Waals surface area contributed by atoms with Crippen LogP contribution < -0.4 is 21.7 Å². The zero-order valence-electron chi connectivity index (χ0n) is 24.4. The number of nitrogens with one attached hydrogen (secondary N) is 3. The number of rotatable bonds is 14. The summed E-state index contributed by atoms with van der Waals surface area (Å²) in [6.45, 7) is 2.87. The lowest BCUT2D eigenvalue weighted by molar-refractivity contribution is -0.143. The van der Waals surface area contributed by atoms with Crippen LogP contribution in [-0.2, 0) is 36.8 Å². The highest BCUT2D eigenvalue weighted by Gasteiger charge is 2.29. The van der Waals surface area contributed by atoms with Gasteiger partial charge >= 0.3 is 17.9 Å². The van der Waals surface area contributed by atoms with E-state index >= 15 is 0 Å². The van der Waals surface area contributed by atoms with E-state index in [0.29, 0.717) is 17.7 Å². The number of carbonyl (C=O) groups excluding carboxylic acids is 4. The molecule has 12 heteroatoms. The van der Waals surface area contributed by atoms with Crippen LogP contribution >= 0.6 is 0 Å². The van der Waals surface area contributed by atoms with Gasteiger partial charge in [-0.2, -0.15) is 0 Å². The number of phenols is 1. The zero-order chi connectivity index (χ0) is 32.2. The van der Waals surface area contributed by atoms with Crippen molar-refractivity contribution >= 4 is 35.4 Å². The van der Waals surface area contributed by atoms with E-state index in [0.717, 1.165) is 5.56 Å². The van der Waals surface area contributed by atoms with Gasteiger partial charge in [-0.1, -0.05) is 42.5 Å². The van der Waals surface area contributed by atoms with Crippen molar-refractivity contribution in [2.75, 3.05) is 5.73 Å². The quantitative estimate of drug-likeness (QED) is 0.0899. The summed E-state index contributed by atoms with van der Waals surface area (Å²) in [5.41, 5.74) is 7.63. The smallest absolute Gasteiger partial charge is 0.345 e. The van der Waals surface area contributed by atoms with Crippen LogP contribution in [0, 0.1) is 0 Å². The molecule has 3 rings (SSSR count). The first-order chi connectivity index (χ1) is 20.9. The molecule has 0 heterocycles. The molecule has 3 aromatic rings. The third-order valence-corrected chi connectivity index (χ3v) is 6.78. The van der Waals surface area contributed by atoms with Gasteiger partial charge in [0.15, 0.2) is 0 Å². The van der Waals surface area contributed by atoms with Crippen LogP contribution in [0.2, 0.25) is 0 Å². The molecule has 0 saturated heterocycles. The Kier molecular flexibility index (Phi) is 12.0. The van der Waals surface area contributed by atoms with Gasteiger partial charge in [-0.3, -0.25) is 19.7 Å². The van der Waals surface area contributed by atoms with Crippen molar-refractivity contribution in [1.29, 1.82) is 0 Å². The van der Waals surface area contributed by atoms with Gasteiger partial charge in [0, 0.05) is 12.1 Å². The lowest BCUT2D eigenvalue weighted by Crippen LogP contribution is -2.55. The lowest BCUT2D eigenvalue weighted by atomic mass is 10.0. The summed E-state index contributed by atoms with van der Waals surface area (Å²) in [7, 11) is 0. The Morgan fingerprint density at radius 1 is 0.773 bits per heavy atom. The molecule has 0 bridgehead atoms.